The van der Waals surface area contributed by atoms with Gasteiger partial charge in [-0.1, -0.05) is 12.8 Å². The SMILES string of the molecule is Cc1ccn(-c2nc(C(C)O)cc(N3CCCCCC3)n2)n1. The quantitative estimate of drug-likeness (QED) is 0.943. The van der Waals surface area contributed by atoms with Crippen LogP contribution in [0.3, 0.4) is 0 Å². The smallest absolute Gasteiger partial charge is 0.252 e. The largest absolute Gasteiger partial charge is 0.387 e. The van der Waals surface area contributed by atoms with Crippen molar-refractivity contribution in [3.8, 4) is 5.95 Å². The van der Waals surface area contributed by atoms with Crippen LogP contribution in [0.1, 0.15) is 50.1 Å². The zero-order valence-corrected chi connectivity index (χ0v) is 13.2. The van der Waals surface area contributed by atoms with E-state index in [1.54, 1.807) is 11.6 Å². The molecule has 3 heterocycles. The van der Waals surface area contributed by atoms with Gasteiger partial charge in [0.1, 0.15) is 5.82 Å². The van der Waals surface area contributed by atoms with Gasteiger partial charge in [-0.25, -0.2) is 9.67 Å². The van der Waals surface area contributed by atoms with Gasteiger partial charge in [0.15, 0.2) is 0 Å². The lowest BCUT2D eigenvalue weighted by atomic mass is 10.2. The van der Waals surface area contributed by atoms with Gasteiger partial charge in [0.25, 0.3) is 5.95 Å². The number of hydrogen-bond acceptors (Lipinski definition) is 5. The summed E-state index contributed by atoms with van der Waals surface area (Å²) in [5.41, 5.74) is 1.56. The van der Waals surface area contributed by atoms with Crippen molar-refractivity contribution >= 4 is 5.82 Å². The highest BCUT2D eigenvalue weighted by Crippen LogP contribution is 2.22. The third-order valence-electron chi connectivity index (χ3n) is 4.01. The van der Waals surface area contributed by atoms with Crippen LogP contribution in [0, 0.1) is 6.92 Å². The van der Waals surface area contributed by atoms with E-state index in [2.05, 4.69) is 20.0 Å². The molecule has 118 valence electrons. The predicted octanol–water partition coefficient (Wildman–Crippen LogP) is 2.40. The van der Waals surface area contributed by atoms with Crippen LogP contribution in [-0.2, 0) is 0 Å². The maximum absolute atomic E-state index is 9.94. The number of nitrogens with zero attached hydrogens (tertiary/aromatic N) is 5. The Kier molecular flexibility index (Phi) is 4.38. The molecule has 1 saturated heterocycles. The zero-order valence-electron chi connectivity index (χ0n) is 13.2. The highest BCUT2D eigenvalue weighted by atomic mass is 16.3. The van der Waals surface area contributed by atoms with E-state index in [4.69, 9.17) is 0 Å². The summed E-state index contributed by atoms with van der Waals surface area (Å²) in [5.74, 6) is 1.40. The van der Waals surface area contributed by atoms with Crippen molar-refractivity contribution < 1.29 is 5.11 Å². The maximum atomic E-state index is 9.94. The van der Waals surface area contributed by atoms with Crippen molar-refractivity contribution in [2.24, 2.45) is 0 Å². The molecule has 1 N–H and O–H groups in total. The van der Waals surface area contributed by atoms with Crippen molar-refractivity contribution in [3.63, 3.8) is 0 Å². The minimum Gasteiger partial charge on any atom is -0.387 e. The van der Waals surface area contributed by atoms with Gasteiger partial charge in [-0.05, 0) is 32.8 Å². The average molecular weight is 301 g/mol. The number of hydrogen-bond donors (Lipinski definition) is 1. The standard InChI is InChI=1S/C16H23N5O/c1-12-7-10-21(19-12)16-17-14(13(2)22)11-15(18-16)20-8-5-3-4-6-9-20/h7,10-11,13,22H,3-6,8-9H2,1-2H3. The van der Waals surface area contributed by atoms with Crippen molar-refractivity contribution in [1.82, 2.24) is 19.7 Å². The fourth-order valence-electron chi connectivity index (χ4n) is 2.74. The second-order valence-corrected chi connectivity index (χ2v) is 5.93. The molecular weight excluding hydrogens is 278 g/mol. The van der Waals surface area contributed by atoms with E-state index in [1.165, 1.54) is 25.7 Å². The number of rotatable bonds is 3. The fourth-order valence-corrected chi connectivity index (χ4v) is 2.74. The molecule has 6 heteroatoms. The monoisotopic (exact) mass is 301 g/mol. The molecule has 0 amide bonds. The Hall–Kier alpha value is -1.95. The summed E-state index contributed by atoms with van der Waals surface area (Å²) < 4.78 is 1.67. The third-order valence-corrected chi connectivity index (χ3v) is 4.01. The van der Waals surface area contributed by atoms with Gasteiger partial charge in [-0.15, -0.1) is 0 Å². The number of aliphatic hydroxyl groups is 1. The van der Waals surface area contributed by atoms with Crippen LogP contribution < -0.4 is 4.90 Å². The molecule has 0 aromatic carbocycles. The molecule has 1 unspecified atom stereocenters. The summed E-state index contributed by atoms with van der Waals surface area (Å²) in [7, 11) is 0. The molecule has 0 spiro atoms. The molecule has 3 rings (SSSR count). The second kappa shape index (κ2) is 6.44. The zero-order chi connectivity index (χ0) is 15.5. The predicted molar refractivity (Wildman–Crippen MR) is 85.2 cm³/mol. The Morgan fingerprint density at radius 3 is 2.45 bits per heavy atom. The number of aryl methyl sites for hydroxylation is 1. The van der Waals surface area contributed by atoms with Crippen molar-refractivity contribution in [2.45, 2.75) is 45.6 Å². The minimum atomic E-state index is -0.621. The summed E-state index contributed by atoms with van der Waals surface area (Å²) in [5, 5.41) is 14.3. The van der Waals surface area contributed by atoms with Gasteiger partial charge in [0.05, 0.1) is 17.5 Å². The van der Waals surface area contributed by atoms with Gasteiger partial charge < -0.3 is 10.0 Å². The summed E-state index contributed by atoms with van der Waals surface area (Å²) in [6, 6.07) is 3.82. The summed E-state index contributed by atoms with van der Waals surface area (Å²) in [6.45, 7) is 5.68. The molecule has 22 heavy (non-hydrogen) atoms. The summed E-state index contributed by atoms with van der Waals surface area (Å²) in [6.07, 6.45) is 6.15. The first-order valence-corrected chi connectivity index (χ1v) is 7.98. The Morgan fingerprint density at radius 2 is 1.86 bits per heavy atom. The van der Waals surface area contributed by atoms with E-state index in [0.717, 1.165) is 24.6 Å². The second-order valence-electron chi connectivity index (χ2n) is 5.93. The molecule has 0 bridgehead atoms. The molecule has 0 aliphatic carbocycles. The Morgan fingerprint density at radius 1 is 1.14 bits per heavy atom. The van der Waals surface area contributed by atoms with Gasteiger partial charge in [0, 0.05) is 25.4 Å². The highest BCUT2D eigenvalue weighted by molar-refractivity contribution is 5.42. The van der Waals surface area contributed by atoms with Gasteiger partial charge in [-0.3, -0.25) is 0 Å². The molecule has 1 aliphatic heterocycles. The van der Waals surface area contributed by atoms with Crippen LogP contribution in [0.15, 0.2) is 18.3 Å². The van der Waals surface area contributed by atoms with Crippen LogP contribution in [0.4, 0.5) is 5.82 Å². The first-order valence-electron chi connectivity index (χ1n) is 7.98. The number of aliphatic hydroxyl groups excluding tert-OH is 1. The van der Waals surface area contributed by atoms with E-state index in [1.807, 2.05) is 25.3 Å². The van der Waals surface area contributed by atoms with E-state index >= 15 is 0 Å². The Labute approximate surface area is 130 Å². The maximum Gasteiger partial charge on any atom is 0.252 e. The first kappa shape index (κ1) is 15.0. The molecule has 1 fully saturated rings. The van der Waals surface area contributed by atoms with Crippen molar-refractivity contribution in [2.75, 3.05) is 18.0 Å². The molecule has 6 nitrogen and oxygen atoms in total. The molecule has 2 aromatic rings. The van der Waals surface area contributed by atoms with Gasteiger partial charge in [-0.2, -0.15) is 10.1 Å². The van der Waals surface area contributed by atoms with Gasteiger partial charge >= 0.3 is 0 Å². The molecule has 0 radical (unpaired) electrons. The lowest BCUT2D eigenvalue weighted by molar-refractivity contribution is 0.194. The van der Waals surface area contributed by atoms with E-state index in [-0.39, 0.29) is 0 Å². The van der Waals surface area contributed by atoms with Crippen molar-refractivity contribution in [3.05, 3.63) is 29.7 Å². The van der Waals surface area contributed by atoms with Gasteiger partial charge in [0.2, 0.25) is 0 Å². The molecule has 2 aromatic heterocycles. The van der Waals surface area contributed by atoms with E-state index < -0.39 is 6.10 Å². The van der Waals surface area contributed by atoms with E-state index in [0.29, 0.717) is 11.6 Å². The summed E-state index contributed by atoms with van der Waals surface area (Å²) in [4.78, 5) is 11.4. The van der Waals surface area contributed by atoms with Crippen LogP contribution in [0.2, 0.25) is 0 Å². The molecule has 1 atom stereocenters. The fraction of sp³-hybridized carbons (Fsp3) is 0.562. The number of anilines is 1. The first-order chi connectivity index (χ1) is 10.6. The van der Waals surface area contributed by atoms with Crippen LogP contribution in [-0.4, -0.2) is 37.9 Å². The lowest BCUT2D eigenvalue weighted by Crippen LogP contribution is -2.26. The van der Waals surface area contributed by atoms with Crippen molar-refractivity contribution in [1.29, 1.82) is 0 Å². The Balaban J connectivity index is 1.99. The Bertz CT molecular complexity index is 629. The molecule has 1 aliphatic rings. The van der Waals surface area contributed by atoms with E-state index in [9.17, 15) is 5.11 Å². The molecular formula is C16H23N5O. The van der Waals surface area contributed by atoms with Crippen LogP contribution in [0.5, 0.6) is 0 Å². The number of aromatic nitrogens is 4. The van der Waals surface area contributed by atoms with Crippen LogP contribution in [0.25, 0.3) is 5.95 Å². The third kappa shape index (κ3) is 3.27. The highest BCUT2D eigenvalue weighted by Gasteiger charge is 2.16. The minimum absolute atomic E-state index is 0.519. The lowest BCUT2D eigenvalue weighted by Gasteiger charge is -2.22. The van der Waals surface area contributed by atoms with Crippen LogP contribution >= 0.6 is 0 Å². The normalized spacial score (nSPS) is 17.3. The summed E-state index contributed by atoms with van der Waals surface area (Å²) >= 11 is 0. The molecule has 0 saturated carbocycles. The topological polar surface area (TPSA) is 67.1 Å². The average Bonchev–Trinajstić information content (AvgIpc) is 2.77.